The lowest BCUT2D eigenvalue weighted by atomic mass is 9.90. The van der Waals surface area contributed by atoms with E-state index in [0.29, 0.717) is 6.54 Å². The molecule has 0 radical (unpaired) electrons. The summed E-state index contributed by atoms with van der Waals surface area (Å²) in [6, 6.07) is 6.18. The molecule has 2 rings (SSSR count). The first-order valence-corrected chi connectivity index (χ1v) is 6.12. The largest absolute Gasteiger partial charge is 0.330 e. The summed E-state index contributed by atoms with van der Waals surface area (Å²) in [5.74, 6) is 0. The number of benzene rings is 1. The molecule has 1 aromatic carbocycles. The van der Waals surface area contributed by atoms with Crippen molar-refractivity contribution >= 4 is 11.6 Å². The van der Waals surface area contributed by atoms with Gasteiger partial charge >= 0.3 is 0 Å². The molecule has 88 valence electrons. The lowest BCUT2D eigenvalue weighted by molar-refractivity contribution is 0.574. The minimum atomic E-state index is -0.166. The molecule has 0 spiro atoms. The summed E-state index contributed by atoms with van der Waals surface area (Å²) in [5, 5.41) is 0.831. The van der Waals surface area contributed by atoms with E-state index in [1.165, 1.54) is 11.1 Å². The van der Waals surface area contributed by atoms with Gasteiger partial charge in [0.15, 0.2) is 0 Å². The predicted octanol–water partition coefficient (Wildman–Crippen LogP) is 2.22. The van der Waals surface area contributed by atoms with E-state index in [4.69, 9.17) is 23.1 Å². The first-order valence-electron chi connectivity index (χ1n) is 5.75. The number of hydrogen-bond donors (Lipinski definition) is 2. The molecule has 1 aliphatic rings. The maximum Gasteiger partial charge on any atom is 0.0438 e. The van der Waals surface area contributed by atoms with Crippen molar-refractivity contribution < 1.29 is 0 Å². The lowest BCUT2D eigenvalue weighted by Gasteiger charge is -2.20. The molecule has 4 N–H and O–H groups in total. The highest BCUT2D eigenvalue weighted by molar-refractivity contribution is 6.31. The van der Waals surface area contributed by atoms with E-state index in [2.05, 4.69) is 26.0 Å². The van der Waals surface area contributed by atoms with Crippen molar-refractivity contribution in [2.24, 2.45) is 11.5 Å². The summed E-state index contributed by atoms with van der Waals surface area (Å²) in [6.45, 7) is 4.78. The molecule has 2 atom stereocenters. The second-order valence-corrected chi connectivity index (χ2v) is 5.45. The predicted molar refractivity (Wildman–Crippen MR) is 68.8 cm³/mol. The van der Waals surface area contributed by atoms with E-state index in [1.807, 2.05) is 6.07 Å². The highest BCUT2D eigenvalue weighted by Gasteiger charge is 2.62. The molecular formula is C13H19ClN2. The van der Waals surface area contributed by atoms with Gasteiger partial charge in [0.05, 0.1) is 0 Å². The van der Waals surface area contributed by atoms with Gasteiger partial charge in [-0.2, -0.15) is 0 Å². The van der Waals surface area contributed by atoms with Crippen molar-refractivity contribution in [2.75, 3.05) is 6.54 Å². The Morgan fingerprint density at radius 1 is 1.44 bits per heavy atom. The fourth-order valence-corrected chi connectivity index (χ4v) is 2.83. The second-order valence-electron chi connectivity index (χ2n) is 5.04. The Morgan fingerprint density at radius 3 is 2.50 bits per heavy atom. The maximum absolute atomic E-state index is 6.20. The minimum Gasteiger partial charge on any atom is -0.330 e. The smallest absolute Gasteiger partial charge is 0.0438 e. The molecule has 0 unspecified atom stereocenters. The first kappa shape index (κ1) is 11.9. The van der Waals surface area contributed by atoms with Gasteiger partial charge in [0.2, 0.25) is 0 Å². The molecule has 3 heteroatoms. The van der Waals surface area contributed by atoms with E-state index >= 15 is 0 Å². The zero-order chi connectivity index (χ0) is 12.0. The van der Waals surface area contributed by atoms with Crippen molar-refractivity contribution in [2.45, 2.75) is 37.6 Å². The van der Waals surface area contributed by atoms with Crippen LogP contribution in [0.5, 0.6) is 0 Å². The highest BCUT2D eigenvalue weighted by Crippen LogP contribution is 2.55. The van der Waals surface area contributed by atoms with Crippen molar-refractivity contribution in [3.63, 3.8) is 0 Å². The standard InChI is InChI=1S/C13H19ClN2/c1-3-9-6-10(4-5-11(9)14)13(8-15)7-12(13,2)16/h4-6H,3,7-8,15-16H2,1-2H3/t12-,13+/m1/s1. The summed E-state index contributed by atoms with van der Waals surface area (Å²) in [5.41, 5.74) is 14.3. The molecule has 0 bridgehead atoms. The SMILES string of the molecule is CCc1cc([C@@]2(CN)C[C@@]2(C)N)ccc1Cl. The fraction of sp³-hybridized carbons (Fsp3) is 0.538. The molecule has 0 aromatic heterocycles. The quantitative estimate of drug-likeness (QED) is 0.849. The summed E-state index contributed by atoms with van der Waals surface area (Å²) in [4.78, 5) is 0. The average molecular weight is 239 g/mol. The van der Waals surface area contributed by atoms with Crippen LogP contribution in [0.25, 0.3) is 0 Å². The number of hydrogen-bond acceptors (Lipinski definition) is 2. The van der Waals surface area contributed by atoms with Gasteiger partial charge in [-0.3, -0.25) is 0 Å². The van der Waals surface area contributed by atoms with E-state index in [1.54, 1.807) is 0 Å². The maximum atomic E-state index is 6.20. The van der Waals surface area contributed by atoms with Gasteiger partial charge in [-0.1, -0.05) is 30.7 Å². The molecule has 16 heavy (non-hydrogen) atoms. The Balaban J connectivity index is 2.42. The molecule has 1 saturated carbocycles. The van der Waals surface area contributed by atoms with Crippen LogP contribution in [0.3, 0.4) is 0 Å². The van der Waals surface area contributed by atoms with Crippen LogP contribution in [-0.4, -0.2) is 12.1 Å². The summed E-state index contributed by atoms with van der Waals surface area (Å²) < 4.78 is 0. The second kappa shape index (κ2) is 3.73. The van der Waals surface area contributed by atoms with Crippen LogP contribution in [0.4, 0.5) is 0 Å². The zero-order valence-electron chi connectivity index (χ0n) is 9.89. The van der Waals surface area contributed by atoms with Gasteiger partial charge in [0, 0.05) is 22.5 Å². The van der Waals surface area contributed by atoms with Gasteiger partial charge in [-0.05, 0) is 37.0 Å². The normalized spacial score (nSPS) is 32.8. The lowest BCUT2D eigenvalue weighted by Crippen LogP contribution is -2.35. The van der Waals surface area contributed by atoms with E-state index in [0.717, 1.165) is 17.9 Å². The molecule has 1 aliphatic carbocycles. The Bertz CT molecular complexity index is 414. The third-order valence-electron chi connectivity index (χ3n) is 3.96. The van der Waals surface area contributed by atoms with Crippen LogP contribution in [0.15, 0.2) is 18.2 Å². The zero-order valence-corrected chi connectivity index (χ0v) is 10.6. The van der Waals surface area contributed by atoms with Crippen LogP contribution in [0.2, 0.25) is 5.02 Å². The van der Waals surface area contributed by atoms with Crippen LogP contribution < -0.4 is 11.5 Å². The van der Waals surface area contributed by atoms with Crippen molar-refractivity contribution in [1.29, 1.82) is 0 Å². The Kier molecular flexibility index (Phi) is 2.77. The molecule has 2 nitrogen and oxygen atoms in total. The third kappa shape index (κ3) is 1.56. The Morgan fingerprint density at radius 2 is 2.06 bits per heavy atom. The van der Waals surface area contributed by atoms with Crippen LogP contribution >= 0.6 is 11.6 Å². The van der Waals surface area contributed by atoms with E-state index < -0.39 is 0 Å². The Hall–Kier alpha value is -0.570. The van der Waals surface area contributed by atoms with Crippen molar-refractivity contribution in [3.05, 3.63) is 34.3 Å². The Labute approximate surface area is 102 Å². The number of rotatable bonds is 3. The van der Waals surface area contributed by atoms with E-state index in [9.17, 15) is 0 Å². The average Bonchev–Trinajstić information content (AvgIpc) is 2.83. The third-order valence-corrected chi connectivity index (χ3v) is 4.33. The van der Waals surface area contributed by atoms with Gasteiger partial charge in [0.1, 0.15) is 0 Å². The van der Waals surface area contributed by atoms with E-state index in [-0.39, 0.29) is 11.0 Å². The van der Waals surface area contributed by atoms with Crippen molar-refractivity contribution in [1.82, 2.24) is 0 Å². The van der Waals surface area contributed by atoms with Crippen LogP contribution in [0.1, 0.15) is 31.4 Å². The topological polar surface area (TPSA) is 52.0 Å². The minimum absolute atomic E-state index is 0.0402. The van der Waals surface area contributed by atoms with Crippen LogP contribution in [0, 0.1) is 0 Å². The fourth-order valence-electron chi connectivity index (χ4n) is 2.58. The van der Waals surface area contributed by atoms with Crippen LogP contribution in [-0.2, 0) is 11.8 Å². The number of nitrogens with two attached hydrogens (primary N) is 2. The van der Waals surface area contributed by atoms with Crippen molar-refractivity contribution in [3.8, 4) is 0 Å². The molecule has 1 aromatic rings. The summed E-state index contributed by atoms with van der Waals surface area (Å²) >= 11 is 6.12. The molecule has 0 aliphatic heterocycles. The molecule has 0 saturated heterocycles. The molecule has 1 fully saturated rings. The number of halogens is 1. The molecule has 0 heterocycles. The number of aryl methyl sites for hydroxylation is 1. The molecule has 0 amide bonds. The van der Waals surface area contributed by atoms with Gasteiger partial charge in [-0.15, -0.1) is 0 Å². The van der Waals surface area contributed by atoms with Gasteiger partial charge in [0.25, 0.3) is 0 Å². The first-order chi connectivity index (χ1) is 7.47. The van der Waals surface area contributed by atoms with Gasteiger partial charge < -0.3 is 11.5 Å². The molecular weight excluding hydrogens is 220 g/mol. The summed E-state index contributed by atoms with van der Waals surface area (Å²) in [6.07, 6.45) is 1.90. The highest BCUT2D eigenvalue weighted by atomic mass is 35.5. The van der Waals surface area contributed by atoms with Gasteiger partial charge in [-0.25, -0.2) is 0 Å². The summed E-state index contributed by atoms with van der Waals surface area (Å²) in [7, 11) is 0. The monoisotopic (exact) mass is 238 g/mol.